The van der Waals surface area contributed by atoms with E-state index in [-0.39, 0.29) is 31.0 Å². The molecule has 0 bridgehead atoms. The van der Waals surface area contributed by atoms with Gasteiger partial charge >= 0.3 is 11.9 Å². The zero-order chi connectivity index (χ0) is 25.3. The van der Waals surface area contributed by atoms with Crippen LogP contribution in [0.1, 0.15) is 45.1 Å². The van der Waals surface area contributed by atoms with Crippen LogP contribution >= 0.6 is 0 Å². The molecule has 1 aliphatic heterocycles. The molecule has 3 amide bonds. The molecule has 184 valence electrons. The lowest BCUT2D eigenvalue weighted by Gasteiger charge is -2.36. The minimum absolute atomic E-state index is 0.0279. The normalized spacial score (nSPS) is 20.1. The molecule has 34 heavy (non-hydrogen) atoms. The Labute approximate surface area is 196 Å². The molecule has 1 fully saturated rings. The quantitative estimate of drug-likeness (QED) is 0.180. The van der Waals surface area contributed by atoms with Crippen molar-refractivity contribution in [2.75, 3.05) is 13.7 Å². The highest BCUT2D eigenvalue weighted by atomic mass is 19.1. The van der Waals surface area contributed by atoms with E-state index in [4.69, 9.17) is 0 Å². The molecule has 10 nitrogen and oxygen atoms in total. The number of nitrogens with one attached hydrogen (secondary N) is 2. The Hall–Kier alpha value is -3.76. The number of aliphatic imine (C=N–C) groups is 1. The van der Waals surface area contributed by atoms with E-state index < -0.39 is 34.9 Å². The third-order valence-corrected chi connectivity index (χ3v) is 5.55. The molecule has 0 saturated carbocycles. The fourth-order valence-corrected chi connectivity index (χ4v) is 3.65. The van der Waals surface area contributed by atoms with Crippen LogP contribution in [0.5, 0.6) is 0 Å². The van der Waals surface area contributed by atoms with Gasteiger partial charge in [-0.25, -0.2) is 14.2 Å². The Bertz CT molecular complexity index is 988. The number of carbonyl (C=O) groups excluding carboxylic acids is 4. The smallest absolute Gasteiger partial charge is 0.396 e. The Balaban J connectivity index is 2.45. The van der Waals surface area contributed by atoms with Gasteiger partial charge in [-0.2, -0.15) is 0 Å². The Kier molecular flexibility index (Phi) is 9.28. The molecule has 1 aliphatic rings. The van der Waals surface area contributed by atoms with Gasteiger partial charge in [0.2, 0.25) is 6.41 Å². The first-order valence-electron chi connectivity index (χ1n) is 10.8. The van der Waals surface area contributed by atoms with Crippen LogP contribution in [0.3, 0.4) is 0 Å². The third-order valence-electron chi connectivity index (χ3n) is 5.55. The number of halogens is 1. The summed E-state index contributed by atoms with van der Waals surface area (Å²) >= 11 is 0. The fourth-order valence-electron chi connectivity index (χ4n) is 3.65. The second-order valence-electron chi connectivity index (χ2n) is 7.82. The number of nitrogens with zero attached hydrogens (tertiary/aromatic N) is 2. The molecule has 1 unspecified atom stereocenters. The SMILES string of the molecule is CCC1(NC(=O)C(=O)OC)CCCCN(C=O)C1=N/C(C(=O)NCc1ccc(F)cc1)=C(\C)O. The second kappa shape index (κ2) is 11.9. The lowest BCUT2D eigenvalue weighted by atomic mass is 9.88. The molecule has 1 heterocycles. The summed E-state index contributed by atoms with van der Waals surface area (Å²) in [5, 5.41) is 15.4. The van der Waals surface area contributed by atoms with E-state index in [2.05, 4.69) is 20.4 Å². The summed E-state index contributed by atoms with van der Waals surface area (Å²) < 4.78 is 17.6. The van der Waals surface area contributed by atoms with Crippen molar-refractivity contribution in [3.8, 4) is 0 Å². The van der Waals surface area contributed by atoms with E-state index in [9.17, 15) is 28.7 Å². The molecule has 3 N–H and O–H groups in total. The van der Waals surface area contributed by atoms with Crippen LogP contribution in [0, 0.1) is 5.82 Å². The molecule has 2 rings (SSSR count). The molecule has 0 aliphatic carbocycles. The first kappa shape index (κ1) is 26.5. The number of aliphatic hydroxyl groups is 1. The van der Waals surface area contributed by atoms with Crippen LogP contribution in [0.15, 0.2) is 40.7 Å². The number of ether oxygens (including phenoxy) is 1. The standard InChI is InChI=1S/C23H29FN4O6/c1-4-23(27-20(32)21(33)34-3)11-5-6-12-28(14-29)22(23)26-18(15(2)30)19(31)25-13-16-7-9-17(24)10-8-16/h7-10,14,30H,4-6,11-13H2,1-3H3,(H,25,31)(H,27,32)/b18-15+,26-22?. The zero-order valence-electron chi connectivity index (χ0n) is 19.4. The number of allylic oxidation sites excluding steroid dienone is 1. The second-order valence-corrected chi connectivity index (χ2v) is 7.82. The van der Waals surface area contributed by atoms with Crippen LogP contribution in [-0.2, 0) is 30.5 Å². The van der Waals surface area contributed by atoms with Crippen LogP contribution < -0.4 is 10.6 Å². The van der Waals surface area contributed by atoms with Gasteiger partial charge in [0.15, 0.2) is 5.70 Å². The summed E-state index contributed by atoms with van der Waals surface area (Å²) in [4.78, 5) is 54.5. The predicted molar refractivity (Wildman–Crippen MR) is 121 cm³/mol. The first-order valence-corrected chi connectivity index (χ1v) is 10.8. The number of amides is 3. The summed E-state index contributed by atoms with van der Waals surface area (Å²) in [5.74, 6) is -3.67. The van der Waals surface area contributed by atoms with Gasteiger partial charge in [-0.15, -0.1) is 0 Å². The van der Waals surface area contributed by atoms with Crippen molar-refractivity contribution in [1.29, 1.82) is 0 Å². The monoisotopic (exact) mass is 476 g/mol. The van der Waals surface area contributed by atoms with Crippen molar-refractivity contribution in [1.82, 2.24) is 15.5 Å². The van der Waals surface area contributed by atoms with Crippen molar-refractivity contribution in [2.24, 2.45) is 4.99 Å². The van der Waals surface area contributed by atoms with Crippen molar-refractivity contribution >= 4 is 30.0 Å². The lowest BCUT2D eigenvalue weighted by Crippen LogP contribution is -2.60. The number of likely N-dealkylation sites (tertiary alicyclic amines) is 1. The number of carbonyl (C=O) groups is 4. The van der Waals surface area contributed by atoms with Gasteiger partial charge in [-0.1, -0.05) is 19.1 Å². The van der Waals surface area contributed by atoms with Crippen molar-refractivity contribution < 1.29 is 33.4 Å². The summed E-state index contributed by atoms with van der Waals surface area (Å²) in [6, 6.07) is 5.51. The van der Waals surface area contributed by atoms with Gasteiger partial charge in [-0.3, -0.25) is 14.4 Å². The van der Waals surface area contributed by atoms with E-state index in [1.807, 2.05) is 0 Å². The number of hydrogen-bond acceptors (Lipinski definition) is 7. The van der Waals surface area contributed by atoms with Crippen molar-refractivity contribution in [3.05, 3.63) is 47.1 Å². The third kappa shape index (κ3) is 6.40. The average molecular weight is 477 g/mol. The maximum Gasteiger partial charge on any atom is 0.396 e. The molecule has 1 aromatic carbocycles. The number of benzene rings is 1. The Morgan fingerprint density at radius 1 is 1.24 bits per heavy atom. The number of aliphatic hydroxyl groups excluding tert-OH is 1. The van der Waals surface area contributed by atoms with Crippen LogP contribution in [-0.4, -0.2) is 59.2 Å². The summed E-state index contributed by atoms with van der Waals surface area (Å²) in [5.41, 5.74) is -1.01. The largest absolute Gasteiger partial charge is 0.510 e. The molecule has 0 radical (unpaired) electrons. The molecule has 1 saturated heterocycles. The number of hydrogen-bond donors (Lipinski definition) is 3. The van der Waals surface area contributed by atoms with Crippen molar-refractivity contribution in [3.63, 3.8) is 0 Å². The van der Waals surface area contributed by atoms with Gasteiger partial charge in [0.1, 0.15) is 17.4 Å². The van der Waals surface area contributed by atoms with Gasteiger partial charge in [0, 0.05) is 13.1 Å². The molecular weight excluding hydrogens is 447 g/mol. The van der Waals surface area contributed by atoms with Crippen molar-refractivity contribution in [2.45, 2.75) is 51.6 Å². The molecule has 0 spiro atoms. The van der Waals surface area contributed by atoms with Crippen LogP contribution in [0.4, 0.5) is 4.39 Å². The Morgan fingerprint density at radius 3 is 2.47 bits per heavy atom. The van der Waals surface area contributed by atoms with E-state index in [0.29, 0.717) is 31.2 Å². The molecule has 0 aromatic heterocycles. The van der Waals surface area contributed by atoms with Gasteiger partial charge < -0.3 is 25.4 Å². The van der Waals surface area contributed by atoms with Crippen LogP contribution in [0.25, 0.3) is 0 Å². The van der Waals surface area contributed by atoms with Crippen LogP contribution in [0.2, 0.25) is 0 Å². The maximum absolute atomic E-state index is 13.1. The molecular formula is C23H29FN4O6. The van der Waals surface area contributed by atoms with E-state index in [1.54, 1.807) is 6.92 Å². The molecule has 11 heteroatoms. The lowest BCUT2D eigenvalue weighted by molar-refractivity contribution is -0.153. The van der Waals surface area contributed by atoms with E-state index >= 15 is 0 Å². The maximum atomic E-state index is 13.1. The average Bonchev–Trinajstić information content (AvgIpc) is 3.00. The van der Waals surface area contributed by atoms with Gasteiger partial charge in [0.05, 0.1) is 12.6 Å². The highest BCUT2D eigenvalue weighted by Crippen LogP contribution is 2.27. The topological polar surface area (TPSA) is 137 Å². The molecule has 1 aromatic rings. The zero-order valence-corrected chi connectivity index (χ0v) is 19.4. The van der Waals surface area contributed by atoms with E-state index in [0.717, 1.165) is 7.11 Å². The Morgan fingerprint density at radius 2 is 1.91 bits per heavy atom. The highest BCUT2D eigenvalue weighted by Gasteiger charge is 2.42. The molecule has 1 atom stereocenters. The summed E-state index contributed by atoms with van der Waals surface area (Å²) in [6.07, 6.45) is 2.31. The number of amidine groups is 1. The minimum Gasteiger partial charge on any atom is -0.510 e. The van der Waals surface area contributed by atoms with Gasteiger partial charge in [0.25, 0.3) is 5.91 Å². The fraction of sp³-hybridized carbons (Fsp3) is 0.435. The number of methoxy groups -OCH3 is 1. The summed E-state index contributed by atoms with van der Waals surface area (Å²) in [6.45, 7) is 3.31. The predicted octanol–water partition coefficient (Wildman–Crippen LogP) is 1.71. The first-order chi connectivity index (χ1) is 16.2. The number of rotatable bonds is 7. The summed E-state index contributed by atoms with van der Waals surface area (Å²) in [7, 11) is 1.07. The number of esters is 1. The highest BCUT2D eigenvalue weighted by molar-refractivity contribution is 6.33. The van der Waals surface area contributed by atoms with E-state index in [1.165, 1.54) is 36.1 Å². The minimum atomic E-state index is -1.26. The van der Waals surface area contributed by atoms with Gasteiger partial charge in [-0.05, 0) is 50.3 Å².